The highest BCUT2D eigenvalue weighted by Crippen LogP contribution is 2.30. The molecule has 9 aromatic rings. The number of ether oxygens (including phenoxy) is 6. The summed E-state index contributed by atoms with van der Waals surface area (Å²) < 4.78 is 38.7. The van der Waals surface area contributed by atoms with Crippen LogP contribution in [-0.2, 0) is 39.3 Å². The molecule has 0 atom stereocenters. The minimum Gasteiger partial charge on any atom is -0.497 e. The molecule has 3 heterocycles. The van der Waals surface area contributed by atoms with E-state index in [1.165, 1.54) is 27.8 Å². The minimum absolute atomic E-state index is 0.569. The number of anilines is 3. The van der Waals surface area contributed by atoms with Gasteiger partial charge in [-0.05, 0) is 154 Å². The zero-order valence-electron chi connectivity index (χ0n) is 42.7. The Balaban J connectivity index is 0.000000193. The van der Waals surface area contributed by atoms with E-state index in [4.69, 9.17) is 39.3 Å². The summed E-state index contributed by atoms with van der Waals surface area (Å²) >= 11 is 10.7. The zero-order chi connectivity index (χ0) is 53.1. The Kier molecular flexibility index (Phi) is 20.5. The van der Waals surface area contributed by atoms with Crippen molar-refractivity contribution in [1.82, 2.24) is 25.1 Å². The van der Waals surface area contributed by atoms with Gasteiger partial charge in [0.1, 0.15) is 64.4 Å². The maximum absolute atomic E-state index is 5.33. The molecule has 18 heteroatoms. The van der Waals surface area contributed by atoms with Crippen LogP contribution in [0.3, 0.4) is 0 Å². The SMILES string of the molecule is COc1ccc(CN(Cc2ccc(OC)cc2)c2c(Br)c[nH][n+]2Cc2ccc(OC)cc2)cc1.COc1ccc(CN(Cc2ccc(OC)cc2)c2nn(Cc3ccc(OC)cc3)cc2Br)cc1.Nc1[nH]ncc1Br. The Morgan fingerprint density at radius 2 is 0.840 bits per heavy atom. The van der Waals surface area contributed by atoms with E-state index >= 15 is 0 Å². The Labute approximate surface area is 463 Å². The van der Waals surface area contributed by atoms with Crippen molar-refractivity contribution in [2.75, 3.05) is 58.2 Å². The van der Waals surface area contributed by atoms with Gasteiger partial charge in [0.2, 0.25) is 0 Å². The van der Waals surface area contributed by atoms with Gasteiger partial charge in [-0.1, -0.05) is 72.8 Å². The number of methoxy groups -OCH3 is 6. The third-order valence-electron chi connectivity index (χ3n) is 11.9. The summed E-state index contributed by atoms with van der Waals surface area (Å²) in [6, 6.07) is 48.9. The molecule has 3 aromatic heterocycles. The number of rotatable bonds is 20. The fourth-order valence-corrected chi connectivity index (χ4v) is 9.17. The molecule has 15 nitrogen and oxygen atoms in total. The Morgan fingerprint density at radius 1 is 0.480 bits per heavy atom. The topological polar surface area (TPSA) is 154 Å². The molecule has 0 saturated carbocycles. The maximum Gasteiger partial charge on any atom is 0.312 e. The number of halogens is 3. The van der Waals surface area contributed by atoms with Gasteiger partial charge in [-0.2, -0.15) is 14.9 Å². The Hall–Kier alpha value is -7.41. The van der Waals surface area contributed by atoms with Crippen molar-refractivity contribution >= 4 is 65.2 Å². The number of hydrogen-bond donors (Lipinski definition) is 3. The van der Waals surface area contributed by atoms with Crippen molar-refractivity contribution < 1.29 is 33.1 Å². The van der Waals surface area contributed by atoms with E-state index < -0.39 is 0 Å². The van der Waals surface area contributed by atoms with E-state index in [0.29, 0.717) is 32.0 Å². The van der Waals surface area contributed by atoms with Gasteiger partial charge >= 0.3 is 5.82 Å². The number of aromatic nitrogens is 6. The third kappa shape index (κ3) is 16.0. The van der Waals surface area contributed by atoms with Gasteiger partial charge in [0, 0.05) is 19.3 Å². The van der Waals surface area contributed by atoms with Crippen molar-refractivity contribution in [3.8, 4) is 34.5 Å². The lowest BCUT2D eigenvalue weighted by Crippen LogP contribution is -2.43. The molecule has 0 amide bonds. The molecule has 0 bridgehead atoms. The first kappa shape index (κ1) is 55.3. The molecule has 0 fully saturated rings. The average molecular weight is 1210 g/mol. The van der Waals surface area contributed by atoms with E-state index in [2.05, 4.69) is 150 Å². The van der Waals surface area contributed by atoms with Crippen LogP contribution >= 0.6 is 47.8 Å². The van der Waals surface area contributed by atoms with Crippen LogP contribution < -0.4 is 48.6 Å². The van der Waals surface area contributed by atoms with Crippen LogP contribution in [0.15, 0.2) is 178 Å². The quantitative estimate of drug-likeness (QED) is 0.0625. The van der Waals surface area contributed by atoms with Crippen molar-refractivity contribution in [3.05, 3.63) is 211 Å². The predicted molar refractivity (Wildman–Crippen MR) is 305 cm³/mol. The number of H-pyrrole nitrogens is 2. The van der Waals surface area contributed by atoms with Crippen molar-refractivity contribution in [1.29, 1.82) is 0 Å². The second-order valence-corrected chi connectivity index (χ2v) is 19.5. The second-order valence-electron chi connectivity index (χ2n) is 17.0. The summed E-state index contributed by atoms with van der Waals surface area (Å²) in [5.41, 5.74) is 12.3. The summed E-state index contributed by atoms with van der Waals surface area (Å²) in [5, 5.41) is 14.5. The van der Waals surface area contributed by atoms with Gasteiger partial charge in [-0.3, -0.25) is 14.7 Å². The van der Waals surface area contributed by atoms with Crippen molar-refractivity contribution in [2.45, 2.75) is 39.3 Å². The highest BCUT2D eigenvalue weighted by molar-refractivity contribution is 9.11. The van der Waals surface area contributed by atoms with Crippen LogP contribution in [0.5, 0.6) is 34.5 Å². The van der Waals surface area contributed by atoms with Crippen LogP contribution in [0.1, 0.15) is 33.4 Å². The van der Waals surface area contributed by atoms with E-state index in [9.17, 15) is 0 Å². The molecular formula is C57H61Br3N9O6+. The lowest BCUT2D eigenvalue weighted by molar-refractivity contribution is -0.731. The lowest BCUT2D eigenvalue weighted by atomic mass is 10.1. The molecule has 75 heavy (non-hydrogen) atoms. The van der Waals surface area contributed by atoms with E-state index in [-0.39, 0.29) is 0 Å². The molecule has 0 spiro atoms. The van der Waals surface area contributed by atoms with Gasteiger partial charge in [0.15, 0.2) is 5.82 Å². The molecular weight excluding hydrogens is 1150 g/mol. The smallest absolute Gasteiger partial charge is 0.312 e. The third-order valence-corrected chi connectivity index (χ3v) is 13.6. The molecule has 4 N–H and O–H groups in total. The minimum atomic E-state index is 0.569. The Bertz CT molecular complexity index is 3000. The van der Waals surface area contributed by atoms with Crippen LogP contribution in [0, 0.1) is 0 Å². The zero-order valence-corrected chi connectivity index (χ0v) is 47.4. The van der Waals surface area contributed by atoms with E-state index in [1.54, 1.807) is 48.9 Å². The summed E-state index contributed by atoms with van der Waals surface area (Å²) in [5.74, 6) is 7.61. The van der Waals surface area contributed by atoms with Gasteiger partial charge in [0.25, 0.3) is 0 Å². The molecule has 0 saturated heterocycles. The monoisotopic (exact) mass is 1200 g/mol. The van der Waals surface area contributed by atoms with Gasteiger partial charge in [-0.25, -0.2) is 5.10 Å². The van der Waals surface area contributed by atoms with Crippen LogP contribution in [0.2, 0.25) is 0 Å². The number of nitrogens with zero attached hydrogens (tertiary/aromatic N) is 6. The average Bonchev–Trinajstić information content (AvgIpc) is 4.14. The number of nitrogens with two attached hydrogens (primary N) is 1. The molecule has 0 aliphatic rings. The van der Waals surface area contributed by atoms with Crippen LogP contribution in [0.4, 0.5) is 17.5 Å². The summed E-state index contributed by atoms with van der Waals surface area (Å²) in [4.78, 5) is 4.62. The molecule has 0 aliphatic heterocycles. The second kappa shape index (κ2) is 27.8. The molecule has 0 radical (unpaired) electrons. The predicted octanol–water partition coefficient (Wildman–Crippen LogP) is 12.0. The highest BCUT2D eigenvalue weighted by Gasteiger charge is 2.27. The first-order chi connectivity index (χ1) is 36.5. The molecule has 0 aliphatic carbocycles. The van der Waals surface area contributed by atoms with E-state index in [0.717, 1.165) is 78.2 Å². The molecule has 9 rings (SSSR count). The summed E-state index contributed by atoms with van der Waals surface area (Å²) in [6.45, 7) is 4.24. The van der Waals surface area contributed by atoms with Gasteiger partial charge in [-0.15, -0.1) is 0 Å². The standard InChI is InChI=1S/2C27H28BrN3O3.C3H4BrN3/c1-32-23-10-4-20(5-11-23)17-30(18-21-6-12-24(33-2)13-7-21)27-26(28)16-29-31(27)19-22-8-14-25(34-3)15-9-22;1-32-23-10-4-20(5-11-23)16-30(17-21-6-12-24(33-2)13-7-21)27-26(28)19-31(29-27)18-22-8-14-25(34-3)15-9-22;4-2-1-6-7-3(2)5/h4-16H,17-19H2,1-3H3;4-15,19H,16-18H2,1-3H3;1H,(H3,5,6,7)/p+1. The molecule has 0 unspecified atom stereocenters. The summed E-state index contributed by atoms with van der Waals surface area (Å²) in [7, 11) is 10.1. The normalized spacial score (nSPS) is 10.6. The van der Waals surface area contributed by atoms with Crippen molar-refractivity contribution in [3.63, 3.8) is 0 Å². The maximum atomic E-state index is 5.33. The van der Waals surface area contributed by atoms with Gasteiger partial charge in [0.05, 0.1) is 70.5 Å². The van der Waals surface area contributed by atoms with Crippen LogP contribution in [-0.4, -0.2) is 67.7 Å². The number of nitrogens with one attached hydrogen (secondary N) is 2. The largest absolute Gasteiger partial charge is 0.497 e. The molecule has 390 valence electrons. The fourth-order valence-electron chi connectivity index (χ4n) is 7.84. The first-order valence-electron chi connectivity index (χ1n) is 23.7. The number of nitrogen functional groups attached to an aromatic ring is 1. The first-order valence-corrected chi connectivity index (χ1v) is 26.1. The number of benzene rings is 6. The van der Waals surface area contributed by atoms with E-state index in [1.807, 2.05) is 89.9 Å². The molecule has 6 aromatic carbocycles. The summed E-state index contributed by atoms with van der Waals surface area (Å²) in [6.07, 6.45) is 5.61. The van der Waals surface area contributed by atoms with Crippen molar-refractivity contribution in [2.24, 2.45) is 0 Å². The van der Waals surface area contributed by atoms with Crippen LogP contribution in [0.25, 0.3) is 0 Å². The number of aromatic amines is 2. The lowest BCUT2D eigenvalue weighted by Gasteiger charge is -2.23. The number of hydrogen-bond acceptors (Lipinski definition) is 11. The highest BCUT2D eigenvalue weighted by atomic mass is 79.9. The fraction of sp³-hybridized carbons (Fsp3) is 0.211. The van der Waals surface area contributed by atoms with Gasteiger partial charge < -0.3 is 39.1 Å². The Morgan fingerprint density at radius 3 is 1.17 bits per heavy atom.